The molecule has 35 heavy (non-hydrogen) atoms. The fourth-order valence-electron chi connectivity index (χ4n) is 5.25. The minimum atomic E-state index is -1.02. The van der Waals surface area contributed by atoms with E-state index in [1.54, 1.807) is 28.1 Å². The molecule has 3 aromatic rings. The van der Waals surface area contributed by atoms with Crippen LogP contribution in [0.15, 0.2) is 42.6 Å². The van der Waals surface area contributed by atoms with Gasteiger partial charge in [0.25, 0.3) is 11.8 Å². The van der Waals surface area contributed by atoms with Gasteiger partial charge in [-0.3, -0.25) is 14.6 Å². The monoisotopic (exact) mass is 497 g/mol. The summed E-state index contributed by atoms with van der Waals surface area (Å²) in [4.78, 5) is 34.1. The van der Waals surface area contributed by atoms with Gasteiger partial charge >= 0.3 is 0 Å². The van der Waals surface area contributed by atoms with Crippen molar-refractivity contribution < 1.29 is 23.1 Å². The van der Waals surface area contributed by atoms with Crippen LogP contribution in [-0.2, 0) is 9.53 Å². The second kappa shape index (κ2) is 8.42. The number of ether oxygens (including phenoxy) is 1. The second-order valence-corrected chi connectivity index (χ2v) is 9.97. The van der Waals surface area contributed by atoms with Gasteiger partial charge in [0.15, 0.2) is 10.6 Å². The maximum absolute atomic E-state index is 13.8. The molecule has 3 aliphatic rings. The molecule has 0 N–H and O–H groups in total. The van der Waals surface area contributed by atoms with Crippen LogP contribution in [0.1, 0.15) is 47.1 Å². The first-order valence-corrected chi connectivity index (χ1v) is 12.3. The zero-order valence-electron chi connectivity index (χ0n) is 18.6. The van der Waals surface area contributed by atoms with Crippen molar-refractivity contribution in [1.82, 2.24) is 25.0 Å². The molecule has 11 heteroatoms. The minimum Gasteiger partial charge on any atom is -0.342 e. The number of aromatic nitrogens is 3. The minimum absolute atomic E-state index is 0.171. The van der Waals surface area contributed by atoms with Crippen LogP contribution >= 0.6 is 11.3 Å². The molecule has 2 aromatic heterocycles. The first-order valence-electron chi connectivity index (χ1n) is 11.4. The standard InChI is InChI=1S/C24H21F2N5O3S/c25-15-11-14(12-16(26)13-15)18-4-5-19-31(18)23(33)24(34-19)6-9-30(10-7-24)22(32)21-29-28-20(35-21)17-3-1-2-8-27-17/h1-3,8,11-13,18-19H,4-7,9-10H2/t18-,19+/m0/s1. The maximum Gasteiger partial charge on any atom is 0.284 e. The summed E-state index contributed by atoms with van der Waals surface area (Å²) in [5, 5.41) is 8.98. The van der Waals surface area contributed by atoms with Gasteiger partial charge in [-0.05, 0) is 42.7 Å². The fraction of sp³-hybridized carbons (Fsp3) is 0.375. The van der Waals surface area contributed by atoms with Gasteiger partial charge in [-0.2, -0.15) is 0 Å². The number of fused-ring (bicyclic) bond motifs is 1. The van der Waals surface area contributed by atoms with Gasteiger partial charge in [-0.15, -0.1) is 10.2 Å². The number of amides is 2. The highest BCUT2D eigenvalue weighted by Crippen LogP contribution is 2.47. The van der Waals surface area contributed by atoms with Gasteiger partial charge < -0.3 is 14.5 Å². The summed E-state index contributed by atoms with van der Waals surface area (Å²) >= 11 is 1.18. The zero-order valence-corrected chi connectivity index (χ0v) is 19.4. The number of carbonyl (C=O) groups is 2. The normalized spacial score (nSPS) is 23.2. The summed E-state index contributed by atoms with van der Waals surface area (Å²) in [5.41, 5.74) is 0.0678. The highest BCUT2D eigenvalue weighted by atomic mass is 32.1. The largest absolute Gasteiger partial charge is 0.342 e. The summed E-state index contributed by atoms with van der Waals surface area (Å²) < 4.78 is 33.9. The van der Waals surface area contributed by atoms with E-state index in [4.69, 9.17) is 4.74 Å². The molecule has 0 unspecified atom stereocenters. The predicted octanol–water partition coefficient (Wildman–Crippen LogP) is 3.57. The lowest BCUT2D eigenvalue weighted by Crippen LogP contribution is -2.51. The average Bonchev–Trinajstić information content (AvgIpc) is 3.56. The van der Waals surface area contributed by atoms with Crippen LogP contribution in [0.25, 0.3) is 10.7 Å². The smallest absolute Gasteiger partial charge is 0.284 e. The molecular formula is C24H21F2N5O3S. The van der Waals surface area contributed by atoms with Crippen LogP contribution in [0.5, 0.6) is 0 Å². The van der Waals surface area contributed by atoms with Crippen LogP contribution in [0, 0.1) is 11.6 Å². The van der Waals surface area contributed by atoms with Crippen molar-refractivity contribution in [2.45, 2.75) is 43.6 Å². The van der Waals surface area contributed by atoms with Gasteiger partial charge in [0, 0.05) is 38.2 Å². The highest BCUT2D eigenvalue weighted by molar-refractivity contribution is 7.16. The van der Waals surface area contributed by atoms with E-state index in [2.05, 4.69) is 15.2 Å². The van der Waals surface area contributed by atoms with Crippen molar-refractivity contribution in [2.24, 2.45) is 0 Å². The van der Waals surface area contributed by atoms with E-state index in [9.17, 15) is 18.4 Å². The Bertz CT molecular complexity index is 1280. The zero-order chi connectivity index (χ0) is 24.2. The Morgan fingerprint density at radius 3 is 2.57 bits per heavy atom. The van der Waals surface area contributed by atoms with Crippen molar-refractivity contribution in [2.75, 3.05) is 13.1 Å². The Morgan fingerprint density at radius 1 is 1.09 bits per heavy atom. The van der Waals surface area contributed by atoms with E-state index in [-0.39, 0.29) is 16.8 Å². The summed E-state index contributed by atoms with van der Waals surface area (Å²) in [5.74, 6) is -1.74. The number of rotatable bonds is 3. The van der Waals surface area contributed by atoms with Crippen molar-refractivity contribution in [3.05, 3.63) is 64.8 Å². The van der Waals surface area contributed by atoms with E-state index < -0.39 is 29.5 Å². The lowest BCUT2D eigenvalue weighted by atomic mass is 9.89. The average molecular weight is 498 g/mol. The molecule has 0 saturated carbocycles. The number of halogens is 2. The molecule has 2 atom stereocenters. The Hall–Kier alpha value is -3.31. The third-order valence-electron chi connectivity index (χ3n) is 6.94. The Kier molecular flexibility index (Phi) is 5.33. The van der Waals surface area contributed by atoms with E-state index in [1.165, 1.54) is 23.5 Å². The summed E-state index contributed by atoms with van der Waals surface area (Å²) in [6.45, 7) is 0.672. The molecule has 2 amide bonds. The van der Waals surface area contributed by atoms with Crippen molar-refractivity contribution in [3.8, 4) is 10.7 Å². The number of hydrogen-bond donors (Lipinski definition) is 0. The highest BCUT2D eigenvalue weighted by Gasteiger charge is 2.58. The molecule has 3 fully saturated rings. The van der Waals surface area contributed by atoms with Gasteiger partial charge in [0.1, 0.15) is 23.6 Å². The maximum atomic E-state index is 13.8. The Labute approximate surface area is 203 Å². The van der Waals surface area contributed by atoms with Gasteiger partial charge in [0.2, 0.25) is 5.01 Å². The van der Waals surface area contributed by atoms with Crippen LogP contribution in [0.3, 0.4) is 0 Å². The number of nitrogens with zero attached hydrogens (tertiary/aromatic N) is 5. The molecule has 3 aliphatic heterocycles. The summed E-state index contributed by atoms with van der Waals surface area (Å²) in [7, 11) is 0. The molecule has 5 heterocycles. The third kappa shape index (κ3) is 3.79. The van der Waals surface area contributed by atoms with Gasteiger partial charge in [-0.1, -0.05) is 17.4 Å². The van der Waals surface area contributed by atoms with Gasteiger partial charge in [0.05, 0.1) is 6.04 Å². The van der Waals surface area contributed by atoms with Crippen molar-refractivity contribution in [3.63, 3.8) is 0 Å². The molecule has 0 bridgehead atoms. The molecule has 0 aliphatic carbocycles. The quantitative estimate of drug-likeness (QED) is 0.550. The molecule has 180 valence electrons. The third-order valence-corrected chi connectivity index (χ3v) is 7.87. The molecule has 1 spiro atoms. The van der Waals surface area contributed by atoms with Crippen molar-refractivity contribution in [1.29, 1.82) is 0 Å². The number of benzene rings is 1. The molecule has 3 saturated heterocycles. The molecule has 8 nitrogen and oxygen atoms in total. The summed E-state index contributed by atoms with van der Waals surface area (Å²) in [6.07, 6.45) is 3.10. The van der Waals surface area contributed by atoms with E-state index in [0.717, 1.165) is 6.07 Å². The number of pyridine rings is 1. The number of likely N-dealkylation sites (tertiary alicyclic amines) is 1. The SMILES string of the molecule is O=C(c1nnc(-c2ccccn2)s1)N1CCC2(CC1)O[C@@H]1CC[C@@H](c3cc(F)cc(F)c3)N1C2=O. The van der Waals surface area contributed by atoms with Crippen LogP contribution in [-0.4, -0.2) is 61.7 Å². The van der Waals surface area contributed by atoms with Crippen LogP contribution < -0.4 is 0 Å². The first kappa shape index (κ1) is 22.2. The lowest BCUT2D eigenvalue weighted by molar-refractivity contribution is -0.142. The lowest BCUT2D eigenvalue weighted by Gasteiger charge is -2.37. The van der Waals surface area contributed by atoms with Gasteiger partial charge in [-0.25, -0.2) is 8.78 Å². The predicted molar refractivity (Wildman–Crippen MR) is 121 cm³/mol. The van der Waals surface area contributed by atoms with E-state index >= 15 is 0 Å². The second-order valence-electron chi connectivity index (χ2n) is 8.99. The first-order chi connectivity index (χ1) is 16.9. The summed E-state index contributed by atoms with van der Waals surface area (Å²) in [6, 6.07) is 8.39. The molecule has 6 rings (SSSR count). The number of carbonyl (C=O) groups excluding carboxylic acids is 2. The van der Waals surface area contributed by atoms with E-state index in [0.29, 0.717) is 55.0 Å². The number of piperidine rings is 1. The molecular weight excluding hydrogens is 476 g/mol. The topological polar surface area (TPSA) is 88.5 Å². The molecule has 0 radical (unpaired) electrons. The van der Waals surface area contributed by atoms with Crippen molar-refractivity contribution >= 4 is 23.2 Å². The fourth-order valence-corrected chi connectivity index (χ4v) is 6.04. The Balaban J connectivity index is 1.15. The van der Waals surface area contributed by atoms with E-state index in [1.807, 2.05) is 6.07 Å². The molecule has 1 aromatic carbocycles. The van der Waals surface area contributed by atoms with Crippen LogP contribution in [0.4, 0.5) is 8.78 Å². The number of hydrogen-bond acceptors (Lipinski definition) is 7. The Morgan fingerprint density at radius 2 is 1.86 bits per heavy atom. The van der Waals surface area contributed by atoms with Crippen LogP contribution in [0.2, 0.25) is 0 Å².